The average Bonchev–Trinajstić information content (AvgIpc) is 2.47. The highest BCUT2D eigenvalue weighted by Crippen LogP contribution is 2.14. The van der Waals surface area contributed by atoms with Crippen molar-refractivity contribution in [3.8, 4) is 0 Å². The Morgan fingerprint density at radius 1 is 1.31 bits per heavy atom. The molecule has 0 aromatic carbocycles. The molecule has 0 bridgehead atoms. The highest BCUT2D eigenvalue weighted by atomic mass is 32.2. The number of nitrogens with zero attached hydrogens (tertiary/aromatic N) is 4. The van der Waals surface area contributed by atoms with E-state index in [4.69, 9.17) is 10.5 Å². The smallest absolute Gasteiger partial charge is 0.408 e. The van der Waals surface area contributed by atoms with Crippen LogP contribution in [-0.2, 0) is 15.3 Å². The minimum absolute atomic E-state index is 0.134. The van der Waals surface area contributed by atoms with E-state index >= 15 is 0 Å². The SMILES string of the molecule is CN(C)c1nc(N)nc(CSCCC(NC(=O)OC(C)(C)C)C(=O)O)n1. The predicted octanol–water partition coefficient (Wildman–Crippen LogP) is 1.12. The fraction of sp³-hybridized carbons (Fsp3) is 0.667. The number of aromatic nitrogens is 3. The van der Waals surface area contributed by atoms with E-state index in [9.17, 15) is 14.7 Å². The van der Waals surface area contributed by atoms with Gasteiger partial charge in [-0.05, 0) is 32.9 Å². The Kier molecular flexibility index (Phi) is 7.87. The van der Waals surface area contributed by atoms with E-state index < -0.39 is 23.7 Å². The first-order valence-corrected chi connectivity index (χ1v) is 9.11. The molecular weight excluding hydrogens is 360 g/mol. The number of rotatable bonds is 8. The van der Waals surface area contributed by atoms with Crippen LogP contribution in [0, 0.1) is 0 Å². The zero-order valence-corrected chi connectivity index (χ0v) is 16.5. The zero-order valence-electron chi connectivity index (χ0n) is 15.6. The highest BCUT2D eigenvalue weighted by molar-refractivity contribution is 7.98. The molecule has 0 aliphatic carbocycles. The normalized spacial score (nSPS) is 12.3. The van der Waals surface area contributed by atoms with Crippen molar-refractivity contribution in [1.82, 2.24) is 20.3 Å². The van der Waals surface area contributed by atoms with E-state index in [1.54, 1.807) is 39.8 Å². The van der Waals surface area contributed by atoms with E-state index in [1.165, 1.54) is 11.8 Å². The summed E-state index contributed by atoms with van der Waals surface area (Å²) in [4.78, 5) is 37.1. The van der Waals surface area contributed by atoms with Crippen LogP contribution < -0.4 is 16.0 Å². The number of anilines is 2. The Morgan fingerprint density at radius 3 is 2.50 bits per heavy atom. The first-order chi connectivity index (χ1) is 12.0. The second-order valence-corrected chi connectivity index (χ2v) is 7.79. The topological polar surface area (TPSA) is 144 Å². The number of ether oxygens (including phenoxy) is 1. The molecule has 4 N–H and O–H groups in total. The minimum Gasteiger partial charge on any atom is -0.480 e. The summed E-state index contributed by atoms with van der Waals surface area (Å²) in [5.41, 5.74) is 4.97. The third kappa shape index (κ3) is 8.19. The molecule has 0 aliphatic heterocycles. The monoisotopic (exact) mass is 386 g/mol. The van der Waals surface area contributed by atoms with E-state index in [-0.39, 0.29) is 12.4 Å². The van der Waals surface area contributed by atoms with Crippen molar-refractivity contribution in [2.45, 2.75) is 44.6 Å². The molecule has 1 atom stereocenters. The number of aliphatic carboxylic acids is 1. The van der Waals surface area contributed by atoms with Gasteiger partial charge in [0.1, 0.15) is 17.5 Å². The summed E-state index contributed by atoms with van der Waals surface area (Å²) in [6, 6.07) is -1.03. The lowest BCUT2D eigenvalue weighted by atomic mass is 10.2. The van der Waals surface area contributed by atoms with Crippen molar-refractivity contribution in [3.63, 3.8) is 0 Å². The van der Waals surface area contributed by atoms with Gasteiger partial charge in [0, 0.05) is 14.1 Å². The summed E-state index contributed by atoms with van der Waals surface area (Å²) < 4.78 is 5.08. The lowest BCUT2D eigenvalue weighted by Gasteiger charge is -2.21. The molecule has 1 amide bonds. The number of amides is 1. The molecular formula is C15H26N6O4S. The van der Waals surface area contributed by atoms with Crippen molar-refractivity contribution >= 4 is 35.7 Å². The molecule has 146 valence electrons. The summed E-state index contributed by atoms with van der Waals surface area (Å²) in [6.07, 6.45) is -0.517. The number of thioether (sulfide) groups is 1. The summed E-state index contributed by atoms with van der Waals surface area (Å²) in [6.45, 7) is 5.13. The number of carboxylic acid groups (broad SMARTS) is 1. The molecule has 1 aromatic rings. The van der Waals surface area contributed by atoms with Crippen LogP contribution in [-0.4, -0.2) is 63.6 Å². The van der Waals surface area contributed by atoms with Gasteiger partial charge in [0.2, 0.25) is 11.9 Å². The Labute approximate surface area is 156 Å². The van der Waals surface area contributed by atoms with Gasteiger partial charge in [0.25, 0.3) is 0 Å². The van der Waals surface area contributed by atoms with Gasteiger partial charge in [-0.3, -0.25) is 0 Å². The molecule has 0 saturated heterocycles. The van der Waals surface area contributed by atoms with Crippen molar-refractivity contribution < 1.29 is 19.4 Å². The van der Waals surface area contributed by atoms with Gasteiger partial charge in [-0.1, -0.05) is 0 Å². The molecule has 26 heavy (non-hydrogen) atoms. The number of hydrogen-bond donors (Lipinski definition) is 3. The highest BCUT2D eigenvalue weighted by Gasteiger charge is 2.23. The summed E-state index contributed by atoms with van der Waals surface area (Å²) in [5, 5.41) is 11.6. The summed E-state index contributed by atoms with van der Waals surface area (Å²) >= 11 is 1.44. The Bertz CT molecular complexity index is 635. The number of nitrogens with two attached hydrogens (primary N) is 1. The van der Waals surface area contributed by atoms with Gasteiger partial charge in [0.05, 0.1) is 5.75 Å². The third-order valence-electron chi connectivity index (χ3n) is 2.86. The Morgan fingerprint density at radius 2 is 1.96 bits per heavy atom. The number of carboxylic acids is 1. The molecule has 0 aliphatic rings. The molecule has 1 heterocycles. The van der Waals surface area contributed by atoms with Gasteiger partial charge in [-0.25, -0.2) is 9.59 Å². The van der Waals surface area contributed by atoms with Crippen LogP contribution in [0.2, 0.25) is 0 Å². The van der Waals surface area contributed by atoms with Crippen LogP contribution in [0.1, 0.15) is 33.0 Å². The molecule has 1 rings (SSSR count). The summed E-state index contributed by atoms with van der Waals surface area (Å²) in [5.74, 6) is 0.925. The van der Waals surface area contributed by atoms with Gasteiger partial charge in [-0.2, -0.15) is 26.7 Å². The summed E-state index contributed by atoms with van der Waals surface area (Å²) in [7, 11) is 3.59. The van der Waals surface area contributed by atoms with Crippen LogP contribution in [0.3, 0.4) is 0 Å². The van der Waals surface area contributed by atoms with Gasteiger partial charge >= 0.3 is 12.1 Å². The third-order valence-corrected chi connectivity index (χ3v) is 3.85. The molecule has 0 saturated carbocycles. The largest absolute Gasteiger partial charge is 0.480 e. The lowest BCUT2D eigenvalue weighted by molar-refractivity contribution is -0.139. The van der Waals surface area contributed by atoms with E-state index in [2.05, 4.69) is 20.3 Å². The maximum absolute atomic E-state index is 11.7. The number of alkyl carbamates (subject to hydrolysis) is 1. The Hall–Kier alpha value is -2.30. The van der Waals surface area contributed by atoms with Gasteiger partial charge in [0.15, 0.2) is 0 Å². The maximum atomic E-state index is 11.7. The van der Waals surface area contributed by atoms with Crippen LogP contribution >= 0.6 is 11.8 Å². The second kappa shape index (κ2) is 9.41. The zero-order chi connectivity index (χ0) is 19.9. The fourth-order valence-electron chi connectivity index (χ4n) is 1.76. The van der Waals surface area contributed by atoms with Crippen LogP contribution in [0.5, 0.6) is 0 Å². The van der Waals surface area contributed by atoms with Crippen molar-refractivity contribution in [3.05, 3.63) is 5.82 Å². The van der Waals surface area contributed by atoms with E-state index in [0.717, 1.165) is 0 Å². The molecule has 1 aromatic heterocycles. The predicted molar refractivity (Wildman–Crippen MR) is 100 cm³/mol. The average molecular weight is 386 g/mol. The Balaban J connectivity index is 2.51. The van der Waals surface area contributed by atoms with Gasteiger partial charge in [-0.15, -0.1) is 0 Å². The van der Waals surface area contributed by atoms with Crippen LogP contribution in [0.25, 0.3) is 0 Å². The number of nitrogens with one attached hydrogen (secondary N) is 1. The molecule has 1 unspecified atom stereocenters. The molecule has 10 nitrogen and oxygen atoms in total. The quantitative estimate of drug-likeness (QED) is 0.556. The van der Waals surface area contributed by atoms with Crippen molar-refractivity contribution in [2.75, 3.05) is 30.5 Å². The first-order valence-electron chi connectivity index (χ1n) is 7.95. The molecule has 0 fully saturated rings. The number of nitrogen functional groups attached to an aromatic ring is 1. The fourth-order valence-corrected chi connectivity index (χ4v) is 2.62. The second-order valence-electron chi connectivity index (χ2n) is 6.68. The maximum Gasteiger partial charge on any atom is 0.408 e. The minimum atomic E-state index is -1.12. The molecule has 0 spiro atoms. The molecule has 11 heteroatoms. The number of hydrogen-bond acceptors (Lipinski definition) is 9. The standard InChI is InChI=1S/C15H26N6O4S/c1-15(2,3)25-14(24)17-9(11(22)23)6-7-26-8-10-18-12(16)20-13(19-10)21(4)5/h9H,6-8H2,1-5H3,(H,17,24)(H,22,23)(H2,16,18,19,20). The van der Waals surface area contributed by atoms with E-state index in [0.29, 0.717) is 23.3 Å². The van der Waals surface area contributed by atoms with E-state index in [1.807, 2.05) is 0 Å². The van der Waals surface area contributed by atoms with Crippen LogP contribution in [0.15, 0.2) is 0 Å². The molecule has 0 radical (unpaired) electrons. The van der Waals surface area contributed by atoms with Crippen LogP contribution in [0.4, 0.5) is 16.7 Å². The number of carbonyl (C=O) groups excluding carboxylic acids is 1. The van der Waals surface area contributed by atoms with Gasteiger partial charge < -0.3 is 25.8 Å². The van der Waals surface area contributed by atoms with Crippen molar-refractivity contribution in [1.29, 1.82) is 0 Å². The lowest BCUT2D eigenvalue weighted by Crippen LogP contribution is -2.43. The van der Waals surface area contributed by atoms with Crippen molar-refractivity contribution in [2.24, 2.45) is 0 Å². The first kappa shape index (κ1) is 21.7. The number of carbonyl (C=O) groups is 2.